The molecule has 0 aliphatic rings. The van der Waals surface area contributed by atoms with E-state index < -0.39 is 9.84 Å². The molecule has 0 atom stereocenters. The monoisotopic (exact) mass is 275 g/mol. The van der Waals surface area contributed by atoms with Crippen LogP contribution in [0, 0.1) is 5.92 Å². The first-order chi connectivity index (χ1) is 7.99. The summed E-state index contributed by atoms with van der Waals surface area (Å²) in [6.45, 7) is 5.26. The first kappa shape index (κ1) is 14.7. The summed E-state index contributed by atoms with van der Waals surface area (Å²) < 4.78 is 23.2. The Morgan fingerprint density at radius 3 is 2.71 bits per heavy atom. The second kappa shape index (κ2) is 7.13. The van der Waals surface area contributed by atoms with Crippen LogP contribution >= 0.6 is 11.3 Å². The van der Waals surface area contributed by atoms with Crippen molar-refractivity contribution in [1.82, 2.24) is 5.32 Å². The molecule has 98 valence electrons. The molecule has 17 heavy (non-hydrogen) atoms. The third-order valence-electron chi connectivity index (χ3n) is 2.35. The van der Waals surface area contributed by atoms with Crippen molar-refractivity contribution < 1.29 is 8.42 Å². The first-order valence-corrected chi connectivity index (χ1v) is 8.68. The molecular weight excluding hydrogens is 254 g/mol. The van der Waals surface area contributed by atoms with Crippen molar-refractivity contribution in [3.63, 3.8) is 0 Å². The highest BCUT2D eigenvalue weighted by atomic mass is 32.2. The van der Waals surface area contributed by atoms with E-state index in [1.165, 1.54) is 5.56 Å². The molecule has 0 unspecified atom stereocenters. The van der Waals surface area contributed by atoms with E-state index >= 15 is 0 Å². The SMILES string of the molecule is CC(C)CS(=O)(=O)CCNCCc1ccsc1. The normalized spacial score (nSPS) is 12.2. The minimum Gasteiger partial charge on any atom is -0.315 e. The van der Waals surface area contributed by atoms with Gasteiger partial charge in [-0.05, 0) is 41.3 Å². The highest BCUT2D eigenvalue weighted by Crippen LogP contribution is 2.05. The van der Waals surface area contributed by atoms with E-state index in [1.54, 1.807) is 11.3 Å². The molecule has 0 bridgehead atoms. The van der Waals surface area contributed by atoms with Crippen molar-refractivity contribution in [3.05, 3.63) is 22.4 Å². The number of sulfone groups is 1. The maximum Gasteiger partial charge on any atom is 0.151 e. The van der Waals surface area contributed by atoms with Crippen LogP contribution in [0.15, 0.2) is 16.8 Å². The van der Waals surface area contributed by atoms with Crippen molar-refractivity contribution in [1.29, 1.82) is 0 Å². The van der Waals surface area contributed by atoms with Crippen LogP contribution in [0.2, 0.25) is 0 Å². The van der Waals surface area contributed by atoms with Gasteiger partial charge in [-0.3, -0.25) is 0 Å². The van der Waals surface area contributed by atoms with Gasteiger partial charge in [0.2, 0.25) is 0 Å². The van der Waals surface area contributed by atoms with Crippen molar-refractivity contribution >= 4 is 21.2 Å². The smallest absolute Gasteiger partial charge is 0.151 e. The highest BCUT2D eigenvalue weighted by Gasteiger charge is 2.12. The molecule has 3 nitrogen and oxygen atoms in total. The lowest BCUT2D eigenvalue weighted by Gasteiger charge is -2.07. The fourth-order valence-electron chi connectivity index (χ4n) is 1.61. The standard InChI is InChI=1S/C12H21NO2S2/c1-11(2)10-17(14,15)8-6-13-5-3-12-4-7-16-9-12/h4,7,9,11,13H,3,5-6,8,10H2,1-2H3. The average molecular weight is 275 g/mol. The summed E-state index contributed by atoms with van der Waals surface area (Å²) >= 11 is 1.69. The van der Waals surface area contributed by atoms with Gasteiger partial charge in [0.05, 0.1) is 11.5 Å². The van der Waals surface area contributed by atoms with E-state index in [-0.39, 0.29) is 11.7 Å². The minimum absolute atomic E-state index is 0.214. The Kier molecular flexibility index (Phi) is 6.16. The molecule has 0 aromatic carbocycles. The second-order valence-corrected chi connectivity index (χ2v) is 7.65. The zero-order valence-electron chi connectivity index (χ0n) is 10.5. The fraction of sp³-hybridized carbons (Fsp3) is 0.667. The molecule has 5 heteroatoms. The third kappa shape index (κ3) is 6.81. The summed E-state index contributed by atoms with van der Waals surface area (Å²) in [6, 6.07) is 2.10. The predicted octanol–water partition coefficient (Wildman–Crippen LogP) is 1.95. The number of nitrogens with one attached hydrogen (secondary N) is 1. The molecule has 1 heterocycles. The molecular formula is C12H21NO2S2. The molecule has 0 spiro atoms. The van der Waals surface area contributed by atoms with Crippen molar-refractivity contribution in [2.24, 2.45) is 5.92 Å². The lowest BCUT2D eigenvalue weighted by atomic mass is 10.2. The van der Waals surface area contributed by atoms with Gasteiger partial charge < -0.3 is 5.32 Å². The molecule has 1 rings (SSSR count). The van der Waals surface area contributed by atoms with Crippen LogP contribution in [-0.2, 0) is 16.3 Å². The topological polar surface area (TPSA) is 46.2 Å². The lowest BCUT2D eigenvalue weighted by Crippen LogP contribution is -2.27. The molecule has 0 amide bonds. The number of rotatable bonds is 8. The largest absolute Gasteiger partial charge is 0.315 e. The lowest BCUT2D eigenvalue weighted by molar-refractivity contribution is 0.578. The minimum atomic E-state index is -2.88. The molecule has 0 saturated carbocycles. The van der Waals surface area contributed by atoms with Crippen LogP contribution in [0.3, 0.4) is 0 Å². The van der Waals surface area contributed by atoms with Gasteiger partial charge in [0.15, 0.2) is 9.84 Å². The number of hydrogen-bond donors (Lipinski definition) is 1. The van der Waals surface area contributed by atoms with Crippen LogP contribution in [0.25, 0.3) is 0 Å². The molecule has 0 saturated heterocycles. The Bertz CT molecular complexity index is 396. The van der Waals surface area contributed by atoms with E-state index in [0.717, 1.165) is 13.0 Å². The summed E-state index contributed by atoms with van der Waals surface area (Å²) in [5.41, 5.74) is 1.31. The molecule has 0 aliphatic carbocycles. The predicted molar refractivity (Wildman–Crippen MR) is 74.4 cm³/mol. The molecule has 0 aliphatic heterocycles. The van der Waals surface area contributed by atoms with Crippen LogP contribution in [0.1, 0.15) is 19.4 Å². The summed E-state index contributed by atoms with van der Waals surface area (Å²) in [5, 5.41) is 7.36. The Morgan fingerprint density at radius 1 is 1.35 bits per heavy atom. The Hall–Kier alpha value is -0.390. The van der Waals surface area contributed by atoms with E-state index in [9.17, 15) is 8.42 Å². The molecule has 1 N–H and O–H groups in total. The second-order valence-electron chi connectivity index (χ2n) is 4.64. The average Bonchev–Trinajstić information content (AvgIpc) is 2.67. The number of thiophene rings is 1. The summed E-state index contributed by atoms with van der Waals surface area (Å²) in [7, 11) is -2.88. The van der Waals surface area contributed by atoms with Crippen molar-refractivity contribution in [2.75, 3.05) is 24.6 Å². The molecule has 0 radical (unpaired) electrons. The van der Waals surface area contributed by atoms with Crippen molar-refractivity contribution in [3.8, 4) is 0 Å². The van der Waals surface area contributed by atoms with E-state index in [1.807, 2.05) is 13.8 Å². The third-order valence-corrected chi connectivity index (χ3v) is 5.08. The van der Waals surface area contributed by atoms with Crippen LogP contribution < -0.4 is 5.32 Å². The summed E-state index contributed by atoms with van der Waals surface area (Å²) in [4.78, 5) is 0. The number of hydrogen-bond acceptors (Lipinski definition) is 4. The zero-order chi connectivity index (χ0) is 12.7. The van der Waals surface area contributed by atoms with E-state index in [0.29, 0.717) is 12.3 Å². The first-order valence-electron chi connectivity index (χ1n) is 5.92. The van der Waals surface area contributed by atoms with Gasteiger partial charge in [-0.25, -0.2) is 8.42 Å². The zero-order valence-corrected chi connectivity index (χ0v) is 12.1. The van der Waals surface area contributed by atoms with Gasteiger partial charge in [-0.15, -0.1) is 0 Å². The van der Waals surface area contributed by atoms with Crippen molar-refractivity contribution in [2.45, 2.75) is 20.3 Å². The van der Waals surface area contributed by atoms with Gasteiger partial charge in [-0.1, -0.05) is 13.8 Å². The molecule has 1 aromatic heterocycles. The molecule has 0 fully saturated rings. The van der Waals surface area contributed by atoms with Crippen LogP contribution in [0.5, 0.6) is 0 Å². The van der Waals surface area contributed by atoms with Gasteiger partial charge >= 0.3 is 0 Å². The van der Waals surface area contributed by atoms with Crippen LogP contribution in [-0.4, -0.2) is 33.0 Å². The Labute approximate surface area is 108 Å². The maximum absolute atomic E-state index is 11.6. The van der Waals surface area contributed by atoms with Crippen LogP contribution in [0.4, 0.5) is 0 Å². The van der Waals surface area contributed by atoms with E-state index in [4.69, 9.17) is 0 Å². The quantitative estimate of drug-likeness (QED) is 0.738. The summed E-state index contributed by atoms with van der Waals surface area (Å²) in [6.07, 6.45) is 0.966. The van der Waals surface area contributed by atoms with Gasteiger partial charge in [-0.2, -0.15) is 11.3 Å². The molecule has 1 aromatic rings. The van der Waals surface area contributed by atoms with Gasteiger partial charge in [0.1, 0.15) is 0 Å². The van der Waals surface area contributed by atoms with Gasteiger partial charge in [0.25, 0.3) is 0 Å². The Morgan fingerprint density at radius 2 is 2.12 bits per heavy atom. The summed E-state index contributed by atoms with van der Waals surface area (Å²) in [5.74, 6) is 0.749. The van der Waals surface area contributed by atoms with Gasteiger partial charge in [0, 0.05) is 6.54 Å². The maximum atomic E-state index is 11.6. The Balaban J connectivity index is 2.12. The highest BCUT2D eigenvalue weighted by molar-refractivity contribution is 7.91. The fourth-order valence-corrected chi connectivity index (χ4v) is 3.95. The van der Waals surface area contributed by atoms with E-state index in [2.05, 4.69) is 22.1 Å².